The van der Waals surface area contributed by atoms with Crippen LogP contribution in [0.2, 0.25) is 0 Å². The van der Waals surface area contributed by atoms with Crippen molar-refractivity contribution in [3.8, 4) is 5.75 Å². The Labute approximate surface area is 111 Å². The first-order chi connectivity index (χ1) is 8.79. The van der Waals surface area contributed by atoms with E-state index in [4.69, 9.17) is 4.74 Å². The summed E-state index contributed by atoms with van der Waals surface area (Å²) in [5, 5.41) is 3.70. The maximum atomic E-state index is 5.45. The van der Waals surface area contributed by atoms with Gasteiger partial charge in [-0.05, 0) is 43.4 Å². The highest BCUT2D eigenvalue weighted by atomic mass is 16.5. The summed E-state index contributed by atoms with van der Waals surface area (Å²) in [6, 6.07) is 9.14. The minimum absolute atomic E-state index is 0.699. The molecule has 0 spiro atoms. The van der Waals surface area contributed by atoms with Gasteiger partial charge in [-0.3, -0.25) is 0 Å². The molecule has 0 heterocycles. The van der Waals surface area contributed by atoms with E-state index in [0.29, 0.717) is 6.04 Å². The van der Waals surface area contributed by atoms with E-state index in [-0.39, 0.29) is 0 Å². The number of hydrogen-bond acceptors (Lipinski definition) is 2. The molecule has 1 fully saturated rings. The summed E-state index contributed by atoms with van der Waals surface area (Å²) in [6.45, 7) is 6.09. The van der Waals surface area contributed by atoms with Crippen LogP contribution in [0.5, 0.6) is 5.75 Å². The van der Waals surface area contributed by atoms with E-state index < -0.39 is 0 Å². The van der Waals surface area contributed by atoms with Crippen molar-refractivity contribution in [1.29, 1.82) is 0 Å². The van der Waals surface area contributed by atoms with E-state index in [1.165, 1.54) is 31.2 Å². The second-order valence-electron chi connectivity index (χ2n) is 5.33. The molecule has 1 aromatic carbocycles. The van der Waals surface area contributed by atoms with E-state index in [1.807, 2.05) is 6.92 Å². The Hall–Kier alpha value is -1.02. The standard InChI is InChI=1S/C16H25NO/c1-3-18-15-10-8-14(9-11-15)12-17-16-7-5-4-6-13(16)2/h8-11,13,16-17H,3-7,12H2,1-2H3. The second-order valence-corrected chi connectivity index (χ2v) is 5.33. The van der Waals surface area contributed by atoms with Crippen molar-refractivity contribution in [3.05, 3.63) is 29.8 Å². The molecule has 18 heavy (non-hydrogen) atoms. The van der Waals surface area contributed by atoms with Crippen molar-refractivity contribution in [1.82, 2.24) is 5.32 Å². The predicted molar refractivity (Wildman–Crippen MR) is 75.9 cm³/mol. The number of hydrogen-bond donors (Lipinski definition) is 1. The fourth-order valence-corrected chi connectivity index (χ4v) is 2.74. The number of ether oxygens (including phenoxy) is 1. The fourth-order valence-electron chi connectivity index (χ4n) is 2.74. The Morgan fingerprint density at radius 3 is 2.56 bits per heavy atom. The van der Waals surface area contributed by atoms with Crippen LogP contribution < -0.4 is 10.1 Å². The smallest absolute Gasteiger partial charge is 0.119 e. The summed E-state index contributed by atoms with van der Waals surface area (Å²) in [7, 11) is 0. The Bertz CT molecular complexity index is 347. The second kappa shape index (κ2) is 6.79. The van der Waals surface area contributed by atoms with Gasteiger partial charge in [0.25, 0.3) is 0 Å². The van der Waals surface area contributed by atoms with Gasteiger partial charge in [-0.25, -0.2) is 0 Å². The SMILES string of the molecule is CCOc1ccc(CNC2CCCCC2C)cc1. The highest BCUT2D eigenvalue weighted by molar-refractivity contribution is 5.27. The summed E-state index contributed by atoms with van der Waals surface area (Å²) in [6.07, 6.45) is 5.49. The molecule has 1 N–H and O–H groups in total. The minimum atomic E-state index is 0.699. The van der Waals surface area contributed by atoms with Crippen LogP contribution in [0, 0.1) is 5.92 Å². The maximum absolute atomic E-state index is 5.45. The van der Waals surface area contributed by atoms with Crippen molar-refractivity contribution in [2.75, 3.05) is 6.61 Å². The monoisotopic (exact) mass is 247 g/mol. The number of rotatable bonds is 5. The zero-order valence-corrected chi connectivity index (χ0v) is 11.6. The van der Waals surface area contributed by atoms with Crippen LogP contribution in [-0.2, 0) is 6.54 Å². The Kier molecular flexibility index (Phi) is 5.06. The van der Waals surface area contributed by atoms with E-state index in [2.05, 4.69) is 36.5 Å². The molecule has 1 aliphatic carbocycles. The van der Waals surface area contributed by atoms with E-state index in [9.17, 15) is 0 Å². The first-order valence-corrected chi connectivity index (χ1v) is 7.24. The highest BCUT2D eigenvalue weighted by Gasteiger charge is 2.20. The van der Waals surface area contributed by atoms with Crippen LogP contribution in [0.3, 0.4) is 0 Å². The van der Waals surface area contributed by atoms with Crippen LogP contribution in [-0.4, -0.2) is 12.6 Å². The fraction of sp³-hybridized carbons (Fsp3) is 0.625. The van der Waals surface area contributed by atoms with Gasteiger partial charge in [-0.15, -0.1) is 0 Å². The van der Waals surface area contributed by atoms with Gasteiger partial charge in [0, 0.05) is 12.6 Å². The van der Waals surface area contributed by atoms with Gasteiger partial charge in [-0.1, -0.05) is 31.9 Å². The van der Waals surface area contributed by atoms with E-state index >= 15 is 0 Å². The first-order valence-electron chi connectivity index (χ1n) is 7.24. The zero-order chi connectivity index (χ0) is 12.8. The van der Waals surface area contributed by atoms with Crippen molar-refractivity contribution < 1.29 is 4.74 Å². The minimum Gasteiger partial charge on any atom is -0.494 e. The molecule has 2 atom stereocenters. The molecule has 2 heteroatoms. The molecule has 0 saturated heterocycles. The normalized spacial score (nSPS) is 23.9. The van der Waals surface area contributed by atoms with Crippen molar-refractivity contribution in [3.63, 3.8) is 0 Å². The molecule has 1 aromatic rings. The van der Waals surface area contributed by atoms with E-state index in [1.54, 1.807) is 0 Å². The lowest BCUT2D eigenvalue weighted by Gasteiger charge is -2.29. The van der Waals surface area contributed by atoms with Gasteiger partial charge >= 0.3 is 0 Å². The van der Waals surface area contributed by atoms with Gasteiger partial charge in [-0.2, -0.15) is 0 Å². The molecular weight excluding hydrogens is 222 g/mol. The Morgan fingerprint density at radius 1 is 1.17 bits per heavy atom. The van der Waals surface area contributed by atoms with Crippen molar-refractivity contribution in [2.24, 2.45) is 5.92 Å². The Balaban J connectivity index is 1.82. The van der Waals surface area contributed by atoms with E-state index in [0.717, 1.165) is 24.8 Å². The summed E-state index contributed by atoms with van der Waals surface area (Å²) in [4.78, 5) is 0. The summed E-state index contributed by atoms with van der Waals surface area (Å²) >= 11 is 0. The Morgan fingerprint density at radius 2 is 1.89 bits per heavy atom. The van der Waals surface area contributed by atoms with Gasteiger partial charge in [0.2, 0.25) is 0 Å². The van der Waals surface area contributed by atoms with Crippen LogP contribution in [0.1, 0.15) is 45.1 Å². The molecule has 0 amide bonds. The van der Waals surface area contributed by atoms with Crippen LogP contribution in [0.25, 0.3) is 0 Å². The molecule has 0 bridgehead atoms. The molecule has 1 aliphatic rings. The van der Waals surface area contributed by atoms with Gasteiger partial charge < -0.3 is 10.1 Å². The lowest BCUT2D eigenvalue weighted by Crippen LogP contribution is -2.36. The van der Waals surface area contributed by atoms with Crippen LogP contribution in [0.15, 0.2) is 24.3 Å². The third-order valence-corrected chi connectivity index (χ3v) is 3.91. The van der Waals surface area contributed by atoms with Crippen molar-refractivity contribution >= 4 is 0 Å². The number of nitrogens with one attached hydrogen (secondary N) is 1. The molecule has 0 aliphatic heterocycles. The summed E-state index contributed by atoms with van der Waals surface area (Å²) < 4.78 is 5.45. The molecule has 0 radical (unpaired) electrons. The topological polar surface area (TPSA) is 21.3 Å². The quantitative estimate of drug-likeness (QED) is 0.855. The zero-order valence-electron chi connectivity index (χ0n) is 11.6. The summed E-state index contributed by atoms with van der Waals surface area (Å²) in [5.74, 6) is 1.79. The average Bonchev–Trinajstić information content (AvgIpc) is 2.40. The van der Waals surface area contributed by atoms with Gasteiger partial charge in [0.05, 0.1) is 6.61 Å². The van der Waals surface area contributed by atoms with Gasteiger partial charge in [0.1, 0.15) is 5.75 Å². The molecule has 2 rings (SSSR count). The van der Waals surface area contributed by atoms with Crippen LogP contribution >= 0.6 is 0 Å². The third kappa shape index (κ3) is 3.74. The molecule has 1 saturated carbocycles. The predicted octanol–water partition coefficient (Wildman–Crippen LogP) is 3.75. The molecule has 100 valence electrons. The molecule has 0 aromatic heterocycles. The first kappa shape index (κ1) is 13.4. The molecular formula is C16H25NO. The van der Waals surface area contributed by atoms with Crippen molar-refractivity contribution in [2.45, 2.75) is 52.1 Å². The highest BCUT2D eigenvalue weighted by Crippen LogP contribution is 2.24. The number of benzene rings is 1. The lowest BCUT2D eigenvalue weighted by molar-refractivity contribution is 0.279. The molecule has 2 nitrogen and oxygen atoms in total. The largest absolute Gasteiger partial charge is 0.494 e. The molecule has 2 unspecified atom stereocenters. The maximum Gasteiger partial charge on any atom is 0.119 e. The van der Waals surface area contributed by atoms with Gasteiger partial charge in [0.15, 0.2) is 0 Å². The average molecular weight is 247 g/mol. The van der Waals surface area contributed by atoms with Crippen LogP contribution in [0.4, 0.5) is 0 Å². The third-order valence-electron chi connectivity index (χ3n) is 3.91. The lowest BCUT2D eigenvalue weighted by atomic mass is 9.86. The summed E-state index contributed by atoms with van der Waals surface area (Å²) in [5.41, 5.74) is 1.34.